The highest BCUT2D eigenvalue weighted by Gasteiger charge is 2.38. The molecule has 0 spiro atoms. The Morgan fingerprint density at radius 1 is 1.12 bits per heavy atom. The maximum atomic E-state index is 13.1. The summed E-state index contributed by atoms with van der Waals surface area (Å²) in [6, 6.07) is 15.5. The van der Waals surface area contributed by atoms with Crippen LogP contribution in [0.3, 0.4) is 0 Å². The number of thioether (sulfide) groups is 1. The number of anilines is 1. The Balaban J connectivity index is 1.58. The number of hydrogen-bond acceptors (Lipinski definition) is 7. The van der Waals surface area contributed by atoms with Crippen molar-refractivity contribution in [2.45, 2.75) is 36.2 Å². The fourth-order valence-electron chi connectivity index (χ4n) is 4.26. The fraction of sp³-hybridized carbons (Fsp3) is 0.292. The molecule has 1 aliphatic carbocycles. The molecule has 8 heteroatoms. The zero-order valence-electron chi connectivity index (χ0n) is 18.0. The largest absolute Gasteiger partial charge is 0.497 e. The van der Waals surface area contributed by atoms with E-state index in [1.54, 1.807) is 26.0 Å². The van der Waals surface area contributed by atoms with Gasteiger partial charge in [-0.3, -0.25) is 4.79 Å². The Morgan fingerprint density at radius 3 is 2.75 bits per heavy atom. The second-order valence-electron chi connectivity index (χ2n) is 7.74. The molecule has 7 nitrogen and oxygen atoms in total. The van der Waals surface area contributed by atoms with E-state index in [9.17, 15) is 4.79 Å². The van der Waals surface area contributed by atoms with Gasteiger partial charge in [-0.15, -0.1) is 5.10 Å². The number of hydrogen-bond donors (Lipinski definition) is 1. The maximum absolute atomic E-state index is 13.1. The second kappa shape index (κ2) is 8.70. The van der Waals surface area contributed by atoms with Crippen LogP contribution < -0.4 is 14.8 Å². The van der Waals surface area contributed by atoms with Crippen molar-refractivity contribution in [1.82, 2.24) is 14.8 Å². The Bertz CT molecular complexity index is 1190. The fourth-order valence-corrected chi connectivity index (χ4v) is 5.05. The summed E-state index contributed by atoms with van der Waals surface area (Å²) in [5.41, 5.74) is 3.70. The lowest BCUT2D eigenvalue weighted by atomic mass is 9.85. The quantitative estimate of drug-likeness (QED) is 0.552. The predicted molar refractivity (Wildman–Crippen MR) is 123 cm³/mol. The third-order valence-electron chi connectivity index (χ3n) is 5.79. The first kappa shape index (κ1) is 20.6. The molecule has 1 aliphatic heterocycles. The van der Waals surface area contributed by atoms with Crippen LogP contribution in [-0.2, 0) is 10.5 Å². The molecule has 3 aromatic rings. The number of ether oxygens (including phenoxy) is 2. The van der Waals surface area contributed by atoms with Gasteiger partial charge < -0.3 is 14.8 Å². The third-order valence-corrected chi connectivity index (χ3v) is 6.70. The van der Waals surface area contributed by atoms with Crippen molar-refractivity contribution >= 4 is 23.5 Å². The SMILES string of the molecule is COc1ccc(OC)c([C@@H]2C3=C(CCCC3=O)Nc3nc(SCc4ccccc4)nn32)c1. The normalized spacial score (nSPS) is 17.4. The van der Waals surface area contributed by atoms with Crippen LogP contribution in [0.15, 0.2) is 65.0 Å². The van der Waals surface area contributed by atoms with Crippen LogP contribution in [0.1, 0.15) is 36.4 Å². The molecule has 164 valence electrons. The molecular weight excluding hydrogens is 424 g/mol. The lowest BCUT2D eigenvalue weighted by Gasteiger charge is -2.32. The van der Waals surface area contributed by atoms with Gasteiger partial charge in [0.15, 0.2) is 5.78 Å². The van der Waals surface area contributed by atoms with Gasteiger partial charge in [0.05, 0.1) is 14.2 Å². The molecule has 0 amide bonds. The van der Waals surface area contributed by atoms with Crippen molar-refractivity contribution < 1.29 is 14.3 Å². The number of fused-ring (bicyclic) bond motifs is 1. The summed E-state index contributed by atoms with van der Waals surface area (Å²) in [4.78, 5) is 17.8. The van der Waals surface area contributed by atoms with E-state index in [-0.39, 0.29) is 5.78 Å². The standard InChI is InChI=1S/C24H24N4O3S/c1-30-16-11-12-20(31-2)17(13-16)22-21-18(9-6-10-19(21)29)25-23-26-24(27-28(22)23)32-14-15-7-4-3-5-8-15/h3-5,7-8,11-13,22H,6,9-10,14H2,1-2H3,(H,25,26,27)/t22-/m1/s1. The molecule has 1 N–H and O–H groups in total. The van der Waals surface area contributed by atoms with Crippen LogP contribution in [0.5, 0.6) is 11.5 Å². The van der Waals surface area contributed by atoms with Crippen LogP contribution in [0.2, 0.25) is 0 Å². The number of ketones is 1. The van der Waals surface area contributed by atoms with E-state index in [0.717, 1.165) is 35.4 Å². The van der Waals surface area contributed by atoms with Gasteiger partial charge in [0.1, 0.15) is 17.5 Å². The maximum Gasteiger partial charge on any atom is 0.227 e. The molecule has 5 rings (SSSR count). The smallest absolute Gasteiger partial charge is 0.227 e. The van der Waals surface area contributed by atoms with Gasteiger partial charge >= 0.3 is 0 Å². The van der Waals surface area contributed by atoms with Gasteiger partial charge in [0.2, 0.25) is 11.1 Å². The number of Topliss-reactive ketones (excluding diaryl/α,β-unsaturated/α-hetero) is 1. The number of nitrogens with one attached hydrogen (secondary N) is 1. The number of carbonyl (C=O) groups is 1. The molecule has 2 heterocycles. The first-order valence-electron chi connectivity index (χ1n) is 10.6. The van der Waals surface area contributed by atoms with Crippen LogP contribution in [0.25, 0.3) is 0 Å². The van der Waals surface area contributed by atoms with Crippen LogP contribution in [-0.4, -0.2) is 34.8 Å². The van der Waals surface area contributed by atoms with E-state index in [4.69, 9.17) is 19.6 Å². The van der Waals surface area contributed by atoms with Crippen LogP contribution in [0, 0.1) is 0 Å². The van der Waals surface area contributed by atoms with Crippen LogP contribution >= 0.6 is 11.8 Å². The minimum Gasteiger partial charge on any atom is -0.497 e. The highest BCUT2D eigenvalue weighted by Crippen LogP contribution is 2.44. The molecule has 0 unspecified atom stereocenters. The number of aromatic nitrogens is 3. The minimum absolute atomic E-state index is 0.133. The van der Waals surface area contributed by atoms with E-state index < -0.39 is 6.04 Å². The third kappa shape index (κ3) is 3.75. The monoisotopic (exact) mass is 448 g/mol. The summed E-state index contributed by atoms with van der Waals surface area (Å²) in [5.74, 6) is 2.92. The number of allylic oxidation sites excluding steroid dienone is 2. The average Bonchev–Trinajstić information content (AvgIpc) is 3.24. The van der Waals surface area contributed by atoms with Gasteiger partial charge in [-0.05, 0) is 36.6 Å². The number of methoxy groups -OCH3 is 2. The van der Waals surface area contributed by atoms with Crippen molar-refractivity contribution in [3.63, 3.8) is 0 Å². The van der Waals surface area contributed by atoms with Gasteiger partial charge in [-0.25, -0.2) is 4.68 Å². The average molecular weight is 449 g/mol. The summed E-state index contributed by atoms with van der Waals surface area (Å²) in [6.07, 6.45) is 2.17. The molecule has 0 saturated carbocycles. The van der Waals surface area contributed by atoms with E-state index in [1.807, 2.05) is 41.1 Å². The zero-order valence-corrected chi connectivity index (χ0v) is 18.8. The molecular formula is C24H24N4O3S. The molecule has 2 aliphatic rings. The molecule has 0 fully saturated rings. The summed E-state index contributed by atoms with van der Waals surface area (Å²) < 4.78 is 12.9. The van der Waals surface area contributed by atoms with Gasteiger partial charge in [0.25, 0.3) is 0 Å². The highest BCUT2D eigenvalue weighted by atomic mass is 32.2. The molecule has 0 saturated heterocycles. The van der Waals surface area contributed by atoms with Gasteiger partial charge in [-0.2, -0.15) is 4.98 Å². The molecule has 0 radical (unpaired) electrons. The first-order valence-corrected chi connectivity index (χ1v) is 11.5. The number of rotatable bonds is 6. The molecule has 0 bridgehead atoms. The Labute approximate surface area is 190 Å². The summed E-state index contributed by atoms with van der Waals surface area (Å²) in [7, 11) is 3.26. The van der Waals surface area contributed by atoms with E-state index >= 15 is 0 Å². The summed E-state index contributed by atoms with van der Waals surface area (Å²) >= 11 is 1.57. The molecule has 1 aromatic heterocycles. The first-order chi connectivity index (χ1) is 15.7. The molecule has 32 heavy (non-hydrogen) atoms. The van der Waals surface area contributed by atoms with Gasteiger partial charge in [-0.1, -0.05) is 42.1 Å². The van der Waals surface area contributed by atoms with E-state index in [2.05, 4.69) is 17.4 Å². The van der Waals surface area contributed by atoms with E-state index in [0.29, 0.717) is 29.0 Å². The van der Waals surface area contributed by atoms with Crippen molar-refractivity contribution in [3.8, 4) is 11.5 Å². The number of benzene rings is 2. The van der Waals surface area contributed by atoms with Crippen molar-refractivity contribution in [3.05, 3.63) is 70.9 Å². The molecule has 1 atom stereocenters. The van der Waals surface area contributed by atoms with Gasteiger partial charge in [0, 0.05) is 29.0 Å². The minimum atomic E-state index is -0.419. The topological polar surface area (TPSA) is 78.3 Å². The van der Waals surface area contributed by atoms with Crippen molar-refractivity contribution in [2.24, 2.45) is 0 Å². The van der Waals surface area contributed by atoms with Crippen molar-refractivity contribution in [1.29, 1.82) is 0 Å². The van der Waals surface area contributed by atoms with E-state index in [1.165, 1.54) is 5.56 Å². The Kier molecular flexibility index (Phi) is 5.61. The Morgan fingerprint density at radius 2 is 1.97 bits per heavy atom. The highest BCUT2D eigenvalue weighted by molar-refractivity contribution is 7.98. The summed E-state index contributed by atoms with van der Waals surface area (Å²) in [5, 5.41) is 8.84. The Hall–Kier alpha value is -3.26. The van der Waals surface area contributed by atoms with Crippen LogP contribution in [0.4, 0.5) is 5.95 Å². The number of nitrogens with zero attached hydrogens (tertiary/aromatic N) is 3. The lowest BCUT2D eigenvalue weighted by molar-refractivity contribution is -0.116. The zero-order chi connectivity index (χ0) is 22.1. The lowest BCUT2D eigenvalue weighted by Crippen LogP contribution is -2.31. The predicted octanol–water partition coefficient (Wildman–Crippen LogP) is 4.61. The summed E-state index contributed by atoms with van der Waals surface area (Å²) in [6.45, 7) is 0. The molecule has 2 aromatic carbocycles. The van der Waals surface area contributed by atoms with Crippen molar-refractivity contribution in [2.75, 3.05) is 19.5 Å². The second-order valence-corrected chi connectivity index (χ2v) is 8.68. The number of carbonyl (C=O) groups excluding carboxylic acids is 1.